The summed E-state index contributed by atoms with van der Waals surface area (Å²) in [7, 11) is 2.16. The normalized spacial score (nSPS) is 15.5. The van der Waals surface area contributed by atoms with Crippen LogP contribution in [0.25, 0.3) is 0 Å². The lowest BCUT2D eigenvalue weighted by Crippen LogP contribution is -2.35. The molecule has 6 heteroatoms. The third kappa shape index (κ3) is 5.87. The predicted octanol–water partition coefficient (Wildman–Crippen LogP) is 4.30. The number of nitrogens with one attached hydrogen (secondary N) is 2. The van der Waals surface area contributed by atoms with Crippen molar-refractivity contribution >= 4 is 34.6 Å². The number of rotatable bonds is 5. The first kappa shape index (κ1) is 19.0. The Hall–Kier alpha value is -1.82. The first-order chi connectivity index (χ1) is 12.6. The molecule has 0 aliphatic carbocycles. The van der Waals surface area contributed by atoms with Gasteiger partial charge >= 0.3 is 0 Å². The van der Waals surface area contributed by atoms with Crippen LogP contribution in [-0.2, 0) is 6.54 Å². The van der Waals surface area contributed by atoms with Crippen molar-refractivity contribution in [1.29, 1.82) is 0 Å². The topological polar surface area (TPSA) is 36.5 Å². The lowest BCUT2D eigenvalue weighted by molar-refractivity contribution is 0.114. The Balaban J connectivity index is 1.44. The van der Waals surface area contributed by atoms with Crippen LogP contribution in [0.2, 0.25) is 5.02 Å². The zero-order valence-electron chi connectivity index (χ0n) is 14.9. The average Bonchev–Trinajstić information content (AvgIpc) is 2.63. The number of thiocarbonyl (C=S) groups is 1. The monoisotopic (exact) mass is 389 g/mol. The van der Waals surface area contributed by atoms with Gasteiger partial charge in [-0.25, -0.2) is 0 Å². The van der Waals surface area contributed by atoms with Crippen LogP contribution in [-0.4, -0.2) is 36.3 Å². The summed E-state index contributed by atoms with van der Waals surface area (Å²) in [5.41, 5.74) is 2.02. The van der Waals surface area contributed by atoms with Gasteiger partial charge in [0.1, 0.15) is 11.9 Å². The summed E-state index contributed by atoms with van der Waals surface area (Å²) in [5.74, 6) is 0.933. The summed E-state index contributed by atoms with van der Waals surface area (Å²) in [4.78, 5) is 2.34. The molecule has 0 bridgehead atoms. The fourth-order valence-corrected chi connectivity index (χ4v) is 3.29. The maximum absolute atomic E-state index is 6.08. The van der Waals surface area contributed by atoms with E-state index in [1.807, 2.05) is 36.4 Å². The molecule has 26 heavy (non-hydrogen) atoms. The van der Waals surface area contributed by atoms with Crippen LogP contribution in [0.15, 0.2) is 48.5 Å². The summed E-state index contributed by atoms with van der Waals surface area (Å²) in [6, 6.07) is 15.7. The van der Waals surface area contributed by atoms with Gasteiger partial charge in [-0.2, -0.15) is 0 Å². The highest BCUT2D eigenvalue weighted by atomic mass is 35.5. The average molecular weight is 390 g/mol. The van der Waals surface area contributed by atoms with Crippen molar-refractivity contribution in [2.75, 3.05) is 25.5 Å². The second-order valence-corrected chi connectivity index (χ2v) is 7.43. The third-order valence-electron chi connectivity index (χ3n) is 4.43. The SMILES string of the molecule is CN1CCC(Oc2ccc(CNC(=S)Nc3cccc(Cl)c3)cc2)CC1. The van der Waals surface area contributed by atoms with Gasteiger partial charge in [0.2, 0.25) is 0 Å². The first-order valence-electron chi connectivity index (χ1n) is 8.83. The summed E-state index contributed by atoms with van der Waals surface area (Å²) < 4.78 is 6.08. The van der Waals surface area contributed by atoms with E-state index in [4.69, 9.17) is 28.6 Å². The largest absolute Gasteiger partial charge is 0.490 e. The molecule has 0 unspecified atom stereocenters. The third-order valence-corrected chi connectivity index (χ3v) is 4.91. The highest BCUT2D eigenvalue weighted by Crippen LogP contribution is 2.19. The van der Waals surface area contributed by atoms with E-state index >= 15 is 0 Å². The second kappa shape index (κ2) is 9.21. The maximum Gasteiger partial charge on any atom is 0.171 e. The Morgan fingerprint density at radius 3 is 2.62 bits per heavy atom. The number of benzene rings is 2. The fourth-order valence-electron chi connectivity index (χ4n) is 2.90. The van der Waals surface area contributed by atoms with E-state index < -0.39 is 0 Å². The number of hydrogen-bond acceptors (Lipinski definition) is 3. The lowest BCUT2D eigenvalue weighted by Gasteiger charge is -2.29. The van der Waals surface area contributed by atoms with E-state index in [0.717, 1.165) is 42.9 Å². The van der Waals surface area contributed by atoms with Crippen LogP contribution in [0.1, 0.15) is 18.4 Å². The second-order valence-electron chi connectivity index (χ2n) is 6.58. The van der Waals surface area contributed by atoms with E-state index in [9.17, 15) is 0 Å². The molecule has 2 aromatic rings. The van der Waals surface area contributed by atoms with Crippen LogP contribution in [0.5, 0.6) is 5.75 Å². The molecule has 1 saturated heterocycles. The number of nitrogens with zero attached hydrogens (tertiary/aromatic N) is 1. The lowest BCUT2D eigenvalue weighted by atomic mass is 10.1. The van der Waals surface area contributed by atoms with E-state index in [2.05, 4.69) is 34.7 Å². The van der Waals surface area contributed by atoms with Gasteiger partial charge in [0.05, 0.1) is 0 Å². The molecule has 1 aliphatic heterocycles. The minimum absolute atomic E-state index is 0.324. The van der Waals surface area contributed by atoms with Gasteiger partial charge in [-0.3, -0.25) is 0 Å². The number of piperidine rings is 1. The molecule has 2 N–H and O–H groups in total. The molecule has 1 aliphatic rings. The highest BCUT2D eigenvalue weighted by Gasteiger charge is 2.17. The number of halogens is 1. The van der Waals surface area contributed by atoms with Gasteiger partial charge in [0.15, 0.2) is 5.11 Å². The van der Waals surface area contributed by atoms with Crippen LogP contribution in [0.4, 0.5) is 5.69 Å². The van der Waals surface area contributed by atoms with Crippen molar-refractivity contribution in [2.45, 2.75) is 25.5 Å². The molecule has 0 saturated carbocycles. The zero-order valence-corrected chi connectivity index (χ0v) is 16.4. The van der Waals surface area contributed by atoms with Crippen molar-refractivity contribution in [3.63, 3.8) is 0 Å². The minimum Gasteiger partial charge on any atom is -0.490 e. The molecule has 2 aromatic carbocycles. The Morgan fingerprint density at radius 1 is 1.19 bits per heavy atom. The van der Waals surface area contributed by atoms with Gasteiger partial charge in [0.25, 0.3) is 0 Å². The number of ether oxygens (including phenoxy) is 1. The smallest absolute Gasteiger partial charge is 0.171 e. The molecule has 138 valence electrons. The molecule has 0 amide bonds. The number of likely N-dealkylation sites (tertiary alicyclic amines) is 1. The molecule has 0 spiro atoms. The molecular weight excluding hydrogens is 366 g/mol. The standard InChI is InChI=1S/C20H24ClN3OS/c1-24-11-9-19(10-12-24)25-18-7-5-15(6-8-18)14-22-20(26)23-17-4-2-3-16(21)13-17/h2-8,13,19H,9-12,14H2,1H3,(H2,22,23,26). The summed E-state index contributed by atoms with van der Waals surface area (Å²) in [6.07, 6.45) is 2.50. The maximum atomic E-state index is 6.08. The molecule has 0 radical (unpaired) electrons. The molecule has 1 fully saturated rings. The van der Waals surface area contributed by atoms with Crippen molar-refractivity contribution in [3.8, 4) is 5.75 Å². The van der Waals surface area contributed by atoms with Gasteiger partial charge < -0.3 is 20.3 Å². The van der Waals surface area contributed by atoms with Crippen molar-refractivity contribution in [3.05, 3.63) is 59.1 Å². The summed E-state index contributed by atoms with van der Waals surface area (Å²) in [6.45, 7) is 2.86. The van der Waals surface area contributed by atoms with E-state index in [-0.39, 0.29) is 0 Å². The Bertz CT molecular complexity index is 730. The number of hydrogen-bond donors (Lipinski definition) is 2. The van der Waals surface area contributed by atoms with Gasteiger partial charge in [-0.15, -0.1) is 0 Å². The molecule has 1 heterocycles. The molecule has 4 nitrogen and oxygen atoms in total. The van der Waals surface area contributed by atoms with E-state index in [0.29, 0.717) is 22.8 Å². The molecule has 0 aromatic heterocycles. The van der Waals surface area contributed by atoms with Crippen molar-refractivity contribution < 1.29 is 4.74 Å². The minimum atomic E-state index is 0.324. The zero-order chi connectivity index (χ0) is 18.4. The van der Waals surface area contributed by atoms with Crippen LogP contribution in [0, 0.1) is 0 Å². The molecule has 3 rings (SSSR count). The van der Waals surface area contributed by atoms with Crippen molar-refractivity contribution in [1.82, 2.24) is 10.2 Å². The van der Waals surface area contributed by atoms with Gasteiger partial charge in [-0.05, 0) is 68.0 Å². The summed E-state index contributed by atoms with van der Waals surface area (Å²) in [5, 5.41) is 7.58. The Kier molecular flexibility index (Phi) is 6.72. The summed E-state index contributed by atoms with van der Waals surface area (Å²) >= 11 is 11.3. The van der Waals surface area contributed by atoms with Crippen molar-refractivity contribution in [2.24, 2.45) is 0 Å². The highest BCUT2D eigenvalue weighted by molar-refractivity contribution is 7.80. The molecule has 0 atom stereocenters. The number of anilines is 1. The van der Waals surface area contributed by atoms with Crippen LogP contribution < -0.4 is 15.4 Å². The Morgan fingerprint density at radius 2 is 1.92 bits per heavy atom. The van der Waals surface area contributed by atoms with E-state index in [1.54, 1.807) is 0 Å². The van der Waals surface area contributed by atoms with Crippen LogP contribution >= 0.6 is 23.8 Å². The Labute approximate surface area is 165 Å². The first-order valence-corrected chi connectivity index (χ1v) is 9.62. The quantitative estimate of drug-likeness (QED) is 0.745. The predicted molar refractivity (Wildman–Crippen MR) is 112 cm³/mol. The van der Waals surface area contributed by atoms with Gasteiger partial charge in [-0.1, -0.05) is 29.8 Å². The van der Waals surface area contributed by atoms with E-state index in [1.165, 1.54) is 0 Å². The van der Waals surface area contributed by atoms with Gasteiger partial charge in [0, 0.05) is 30.3 Å². The van der Waals surface area contributed by atoms with Crippen LogP contribution in [0.3, 0.4) is 0 Å². The molecular formula is C20H24ClN3OS. The fraction of sp³-hybridized carbons (Fsp3) is 0.350.